The van der Waals surface area contributed by atoms with Crippen LogP contribution in [0.3, 0.4) is 0 Å². The van der Waals surface area contributed by atoms with Gasteiger partial charge in [-0.05, 0) is 37.9 Å². The minimum atomic E-state index is -0.691. The molecule has 0 aromatic rings. The molecule has 2 unspecified atom stereocenters. The van der Waals surface area contributed by atoms with Crippen LogP contribution in [0.1, 0.15) is 39.0 Å². The van der Waals surface area contributed by atoms with Crippen molar-refractivity contribution in [2.75, 3.05) is 19.0 Å². The van der Waals surface area contributed by atoms with Crippen molar-refractivity contribution < 1.29 is 9.53 Å². The van der Waals surface area contributed by atoms with Crippen LogP contribution >= 0.6 is 24.0 Å². The Morgan fingerprint density at radius 3 is 2.75 bits per heavy atom. The van der Waals surface area contributed by atoms with E-state index in [9.17, 15) is 4.79 Å². The molecule has 1 amide bonds. The zero-order valence-electron chi connectivity index (χ0n) is 12.0. The van der Waals surface area contributed by atoms with Gasteiger partial charge in [0.05, 0.1) is 4.99 Å². The Morgan fingerprint density at radius 2 is 2.15 bits per heavy atom. The molecule has 6 heteroatoms. The number of ether oxygens (including phenoxy) is 1. The van der Waals surface area contributed by atoms with Gasteiger partial charge in [0.25, 0.3) is 0 Å². The van der Waals surface area contributed by atoms with Gasteiger partial charge < -0.3 is 15.8 Å². The lowest BCUT2D eigenvalue weighted by atomic mass is 9.79. The molecule has 2 atom stereocenters. The second kappa shape index (κ2) is 7.09. The monoisotopic (exact) mass is 316 g/mol. The van der Waals surface area contributed by atoms with Gasteiger partial charge in [0.1, 0.15) is 5.41 Å². The summed E-state index contributed by atoms with van der Waals surface area (Å²) in [6.07, 6.45) is 4.52. The highest BCUT2D eigenvalue weighted by Gasteiger charge is 2.44. The van der Waals surface area contributed by atoms with Crippen molar-refractivity contribution >= 4 is 34.9 Å². The molecule has 2 aliphatic rings. The lowest BCUT2D eigenvalue weighted by Crippen LogP contribution is -2.53. The second-order valence-corrected chi connectivity index (χ2v) is 7.64. The third kappa shape index (κ3) is 3.46. The summed E-state index contributed by atoms with van der Waals surface area (Å²) in [5.74, 6) is 1.15. The first-order chi connectivity index (χ1) is 9.58. The van der Waals surface area contributed by atoms with Crippen LogP contribution in [0.2, 0.25) is 0 Å². The highest BCUT2D eigenvalue weighted by atomic mass is 32.2. The molecule has 20 heavy (non-hydrogen) atoms. The van der Waals surface area contributed by atoms with E-state index in [1.165, 1.54) is 6.42 Å². The maximum absolute atomic E-state index is 12.6. The summed E-state index contributed by atoms with van der Waals surface area (Å²) in [5, 5.41) is 3.87. The van der Waals surface area contributed by atoms with E-state index in [1.54, 1.807) is 0 Å². The molecule has 0 aromatic heterocycles. The van der Waals surface area contributed by atoms with E-state index in [4.69, 9.17) is 22.7 Å². The lowest BCUT2D eigenvalue weighted by molar-refractivity contribution is -0.132. The summed E-state index contributed by atoms with van der Waals surface area (Å²) < 4.78 is 5.35. The van der Waals surface area contributed by atoms with E-state index in [-0.39, 0.29) is 11.9 Å². The fourth-order valence-electron chi connectivity index (χ4n) is 3.09. The molecule has 3 N–H and O–H groups in total. The van der Waals surface area contributed by atoms with Gasteiger partial charge in [0.2, 0.25) is 5.91 Å². The van der Waals surface area contributed by atoms with Crippen LogP contribution in [-0.2, 0) is 9.53 Å². The van der Waals surface area contributed by atoms with Crippen LogP contribution in [-0.4, -0.2) is 41.2 Å². The Hall–Kier alpha value is -0.330. The predicted molar refractivity (Wildman–Crippen MR) is 87.0 cm³/mol. The van der Waals surface area contributed by atoms with Gasteiger partial charge in [0, 0.05) is 24.5 Å². The molecule has 1 heterocycles. The molecule has 0 radical (unpaired) electrons. The Labute approximate surface area is 130 Å². The molecule has 4 nitrogen and oxygen atoms in total. The highest BCUT2D eigenvalue weighted by molar-refractivity contribution is 7.99. The number of carbonyl (C=O) groups excluding carboxylic acids is 1. The van der Waals surface area contributed by atoms with Gasteiger partial charge >= 0.3 is 0 Å². The Bertz CT molecular complexity index is 370. The minimum absolute atomic E-state index is 0.0143. The van der Waals surface area contributed by atoms with Crippen LogP contribution in [0.5, 0.6) is 0 Å². The van der Waals surface area contributed by atoms with Crippen molar-refractivity contribution in [3.05, 3.63) is 0 Å². The van der Waals surface area contributed by atoms with E-state index >= 15 is 0 Å². The normalized spacial score (nSPS) is 29.1. The summed E-state index contributed by atoms with van der Waals surface area (Å²) in [6, 6.07) is 0.278. The van der Waals surface area contributed by atoms with Crippen LogP contribution < -0.4 is 11.1 Å². The zero-order valence-corrected chi connectivity index (χ0v) is 13.7. The first-order valence-corrected chi connectivity index (χ1v) is 8.84. The van der Waals surface area contributed by atoms with Crippen molar-refractivity contribution in [2.24, 2.45) is 11.1 Å². The maximum atomic E-state index is 12.6. The van der Waals surface area contributed by atoms with Gasteiger partial charge in [-0.3, -0.25) is 4.79 Å². The van der Waals surface area contributed by atoms with E-state index in [2.05, 4.69) is 12.2 Å². The molecule has 0 bridgehead atoms. The van der Waals surface area contributed by atoms with Crippen molar-refractivity contribution in [3.63, 3.8) is 0 Å². The molecule has 1 saturated carbocycles. The smallest absolute Gasteiger partial charge is 0.233 e. The standard InChI is InChI=1S/C14H24N2O2S2/c1-2-20-11-4-3-10(9-11)16-13(17)14(12(15)19)5-7-18-8-6-14/h10-11H,2-9H2,1H3,(H2,15,19)(H,16,17). The Kier molecular flexibility index (Phi) is 5.69. The van der Waals surface area contributed by atoms with E-state index in [0.29, 0.717) is 36.3 Å². The lowest BCUT2D eigenvalue weighted by Gasteiger charge is -2.35. The summed E-state index contributed by atoms with van der Waals surface area (Å²) in [5.41, 5.74) is 5.17. The predicted octanol–water partition coefficient (Wildman–Crippen LogP) is 1.86. The van der Waals surface area contributed by atoms with Gasteiger partial charge in [-0.25, -0.2) is 0 Å². The first kappa shape index (κ1) is 16.0. The van der Waals surface area contributed by atoms with Crippen LogP contribution in [0.15, 0.2) is 0 Å². The Morgan fingerprint density at radius 1 is 1.45 bits per heavy atom. The molecule has 2 fully saturated rings. The second-order valence-electron chi connectivity index (χ2n) is 5.62. The van der Waals surface area contributed by atoms with Gasteiger partial charge in [-0.2, -0.15) is 11.8 Å². The average Bonchev–Trinajstić information content (AvgIpc) is 2.87. The average molecular weight is 316 g/mol. The Balaban J connectivity index is 1.94. The van der Waals surface area contributed by atoms with Gasteiger partial charge in [-0.15, -0.1) is 0 Å². The molecule has 1 aliphatic carbocycles. The number of carbonyl (C=O) groups is 1. The van der Waals surface area contributed by atoms with Gasteiger partial charge in [0.15, 0.2) is 0 Å². The molecule has 114 valence electrons. The maximum Gasteiger partial charge on any atom is 0.233 e. The van der Waals surface area contributed by atoms with Gasteiger partial charge in [-0.1, -0.05) is 19.1 Å². The zero-order chi connectivity index (χ0) is 14.6. The molecular weight excluding hydrogens is 292 g/mol. The fraction of sp³-hybridized carbons (Fsp3) is 0.857. The quantitative estimate of drug-likeness (QED) is 0.758. The summed E-state index contributed by atoms with van der Waals surface area (Å²) >= 11 is 7.16. The molecule has 0 spiro atoms. The first-order valence-electron chi connectivity index (χ1n) is 7.38. The highest BCUT2D eigenvalue weighted by Crippen LogP contribution is 2.34. The molecule has 0 aromatic carbocycles. The molecule has 1 saturated heterocycles. The largest absolute Gasteiger partial charge is 0.392 e. The molecular formula is C14H24N2O2S2. The fourth-order valence-corrected chi connectivity index (χ4v) is 4.53. The number of thiocarbonyl (C=S) groups is 1. The summed E-state index contributed by atoms with van der Waals surface area (Å²) in [7, 11) is 0. The van der Waals surface area contributed by atoms with Crippen LogP contribution in [0, 0.1) is 5.41 Å². The number of rotatable bonds is 5. The third-order valence-electron chi connectivity index (χ3n) is 4.37. The summed E-state index contributed by atoms with van der Waals surface area (Å²) in [6.45, 7) is 3.30. The van der Waals surface area contributed by atoms with E-state index < -0.39 is 5.41 Å². The van der Waals surface area contributed by atoms with Crippen LogP contribution in [0.4, 0.5) is 0 Å². The molecule has 1 aliphatic heterocycles. The van der Waals surface area contributed by atoms with Crippen molar-refractivity contribution in [1.82, 2.24) is 5.32 Å². The van der Waals surface area contributed by atoms with E-state index in [1.807, 2.05) is 11.8 Å². The number of nitrogens with one attached hydrogen (secondary N) is 1. The number of hydrogen-bond donors (Lipinski definition) is 2. The van der Waals surface area contributed by atoms with Crippen molar-refractivity contribution in [2.45, 2.75) is 50.3 Å². The number of nitrogens with two attached hydrogens (primary N) is 1. The van der Waals surface area contributed by atoms with Crippen molar-refractivity contribution in [1.29, 1.82) is 0 Å². The minimum Gasteiger partial charge on any atom is -0.392 e. The third-order valence-corrected chi connectivity index (χ3v) is 6.00. The van der Waals surface area contributed by atoms with Crippen LogP contribution in [0.25, 0.3) is 0 Å². The number of hydrogen-bond acceptors (Lipinski definition) is 4. The van der Waals surface area contributed by atoms with E-state index in [0.717, 1.165) is 18.6 Å². The van der Waals surface area contributed by atoms with Crippen molar-refractivity contribution in [3.8, 4) is 0 Å². The molecule has 2 rings (SSSR count). The SMILES string of the molecule is CCSC1CCC(NC(=O)C2(C(N)=S)CCOCC2)C1. The topological polar surface area (TPSA) is 64.4 Å². The number of amides is 1. The number of thioether (sulfide) groups is 1. The summed E-state index contributed by atoms with van der Waals surface area (Å²) in [4.78, 5) is 13.0.